The van der Waals surface area contributed by atoms with Crippen LogP contribution in [0.3, 0.4) is 0 Å². The van der Waals surface area contributed by atoms with Crippen LogP contribution in [0.1, 0.15) is 57.5 Å². The molecule has 0 bridgehead atoms. The zero-order valence-corrected chi connectivity index (χ0v) is 18.8. The fourth-order valence-corrected chi connectivity index (χ4v) is 4.41. The molecule has 0 aliphatic carbocycles. The van der Waals surface area contributed by atoms with Crippen LogP contribution in [0.4, 0.5) is 8.78 Å². The number of ketones is 2. The highest BCUT2D eigenvalue weighted by molar-refractivity contribution is 6.09. The number of benzene rings is 3. The van der Waals surface area contributed by atoms with Crippen molar-refractivity contribution in [3.63, 3.8) is 0 Å². The van der Waals surface area contributed by atoms with Crippen molar-refractivity contribution in [1.82, 2.24) is 4.90 Å². The molecule has 1 aliphatic rings. The van der Waals surface area contributed by atoms with Crippen LogP contribution >= 0.6 is 0 Å². The predicted molar refractivity (Wildman–Crippen MR) is 126 cm³/mol. The predicted octanol–water partition coefficient (Wildman–Crippen LogP) is 5.14. The monoisotopic (exact) mass is 463 g/mol. The van der Waals surface area contributed by atoms with E-state index in [2.05, 4.69) is 4.90 Å². The van der Waals surface area contributed by atoms with Gasteiger partial charge in [0.1, 0.15) is 11.6 Å². The summed E-state index contributed by atoms with van der Waals surface area (Å²) >= 11 is 0. The smallest absolute Gasteiger partial charge is 0.195 e. The van der Waals surface area contributed by atoms with Crippen LogP contribution in [-0.4, -0.2) is 41.2 Å². The number of nitrogens with zero attached hydrogens (tertiary/aromatic N) is 1. The second-order valence-electron chi connectivity index (χ2n) is 8.80. The summed E-state index contributed by atoms with van der Waals surface area (Å²) in [6, 6.07) is 18.3. The van der Waals surface area contributed by atoms with Crippen LogP contribution < -0.4 is 0 Å². The minimum absolute atomic E-state index is 0.124. The first-order valence-electron chi connectivity index (χ1n) is 11.5. The first-order chi connectivity index (χ1) is 16.4. The molecule has 1 fully saturated rings. The highest BCUT2D eigenvalue weighted by Crippen LogP contribution is 2.34. The Morgan fingerprint density at radius 2 is 1.56 bits per heavy atom. The SMILES string of the molecule is O=C(CCCN1CCC(O)(c2ccc(F)c(C(=O)c3ccc(F)cc3)c2)CC1)c1ccccc1. The van der Waals surface area contributed by atoms with E-state index in [9.17, 15) is 23.5 Å². The van der Waals surface area contributed by atoms with Gasteiger partial charge in [-0.05, 0) is 67.8 Å². The Labute approximate surface area is 197 Å². The second kappa shape index (κ2) is 10.4. The number of piperidine rings is 1. The van der Waals surface area contributed by atoms with E-state index < -0.39 is 23.0 Å². The fourth-order valence-electron chi connectivity index (χ4n) is 4.41. The van der Waals surface area contributed by atoms with Crippen molar-refractivity contribution in [1.29, 1.82) is 0 Å². The number of carbonyl (C=O) groups is 2. The van der Waals surface area contributed by atoms with Crippen LogP contribution in [0.5, 0.6) is 0 Å². The number of likely N-dealkylation sites (tertiary alicyclic amines) is 1. The highest BCUT2D eigenvalue weighted by atomic mass is 19.1. The number of aliphatic hydroxyl groups is 1. The molecule has 6 heteroatoms. The average Bonchev–Trinajstić information content (AvgIpc) is 2.86. The first kappa shape index (κ1) is 23.9. The van der Waals surface area contributed by atoms with E-state index in [1.165, 1.54) is 30.3 Å². The van der Waals surface area contributed by atoms with E-state index in [4.69, 9.17) is 0 Å². The summed E-state index contributed by atoms with van der Waals surface area (Å²) in [5, 5.41) is 11.3. The van der Waals surface area contributed by atoms with Crippen molar-refractivity contribution in [2.24, 2.45) is 0 Å². The third-order valence-corrected chi connectivity index (χ3v) is 6.51. The van der Waals surface area contributed by atoms with Crippen molar-refractivity contribution in [3.8, 4) is 0 Å². The molecule has 0 unspecified atom stereocenters. The lowest BCUT2D eigenvalue weighted by atomic mass is 9.83. The Kier molecular flexibility index (Phi) is 7.29. The summed E-state index contributed by atoms with van der Waals surface area (Å²) in [6.45, 7) is 2.02. The van der Waals surface area contributed by atoms with E-state index in [1.807, 2.05) is 30.3 Å². The lowest BCUT2D eigenvalue weighted by Crippen LogP contribution is -2.43. The van der Waals surface area contributed by atoms with Crippen molar-refractivity contribution in [2.45, 2.75) is 31.3 Å². The Balaban J connectivity index is 1.36. The molecule has 4 nitrogen and oxygen atoms in total. The van der Waals surface area contributed by atoms with Gasteiger partial charge in [-0.15, -0.1) is 0 Å². The van der Waals surface area contributed by atoms with Gasteiger partial charge in [-0.2, -0.15) is 0 Å². The summed E-state index contributed by atoms with van der Waals surface area (Å²) in [6.07, 6.45) is 2.08. The Bertz CT molecular complexity index is 1150. The fraction of sp³-hybridized carbons (Fsp3) is 0.286. The van der Waals surface area contributed by atoms with Crippen molar-refractivity contribution < 1.29 is 23.5 Å². The molecule has 0 amide bonds. The average molecular weight is 464 g/mol. The number of hydrogen-bond acceptors (Lipinski definition) is 4. The van der Waals surface area contributed by atoms with E-state index in [0.717, 1.165) is 30.7 Å². The van der Waals surface area contributed by atoms with Gasteiger partial charge in [0.05, 0.1) is 11.2 Å². The zero-order valence-electron chi connectivity index (χ0n) is 18.8. The van der Waals surface area contributed by atoms with Gasteiger partial charge in [0.25, 0.3) is 0 Å². The highest BCUT2D eigenvalue weighted by Gasteiger charge is 2.34. The van der Waals surface area contributed by atoms with Crippen molar-refractivity contribution >= 4 is 11.6 Å². The maximum absolute atomic E-state index is 14.5. The number of halogens is 2. The van der Waals surface area contributed by atoms with Gasteiger partial charge >= 0.3 is 0 Å². The standard InChI is InChI=1S/C28H27F2NO3/c29-23-11-8-21(9-12-23)27(33)24-19-22(10-13-25(24)30)28(34)14-17-31(18-15-28)16-4-7-26(32)20-5-2-1-3-6-20/h1-3,5-6,8-13,19,34H,4,7,14-18H2. The summed E-state index contributed by atoms with van der Waals surface area (Å²) in [5.41, 5.74) is 0.0989. The topological polar surface area (TPSA) is 57.6 Å². The third-order valence-electron chi connectivity index (χ3n) is 6.51. The molecule has 1 aliphatic heterocycles. The molecule has 1 N–H and O–H groups in total. The van der Waals surface area contributed by atoms with Crippen molar-refractivity contribution in [2.75, 3.05) is 19.6 Å². The Morgan fingerprint density at radius 1 is 0.882 bits per heavy atom. The van der Waals surface area contributed by atoms with Gasteiger partial charge < -0.3 is 10.0 Å². The maximum atomic E-state index is 14.5. The van der Waals surface area contributed by atoms with Gasteiger partial charge in [0, 0.05) is 30.6 Å². The molecule has 0 saturated carbocycles. The lowest BCUT2D eigenvalue weighted by molar-refractivity contribution is -0.0261. The molecule has 34 heavy (non-hydrogen) atoms. The molecule has 1 saturated heterocycles. The number of Topliss-reactive ketones (excluding diaryl/α,β-unsaturated/α-hetero) is 1. The molecule has 0 atom stereocenters. The van der Waals surface area contributed by atoms with Crippen LogP contribution in [-0.2, 0) is 5.60 Å². The largest absolute Gasteiger partial charge is 0.385 e. The minimum atomic E-state index is -1.16. The van der Waals surface area contributed by atoms with Crippen LogP contribution in [0.15, 0.2) is 72.8 Å². The number of hydrogen-bond donors (Lipinski definition) is 1. The number of carbonyl (C=O) groups excluding carboxylic acids is 2. The molecular formula is C28H27F2NO3. The molecule has 4 rings (SSSR count). The molecule has 0 aromatic heterocycles. The lowest BCUT2D eigenvalue weighted by Gasteiger charge is -2.38. The second-order valence-corrected chi connectivity index (χ2v) is 8.80. The molecule has 176 valence electrons. The first-order valence-corrected chi connectivity index (χ1v) is 11.5. The van der Waals surface area contributed by atoms with Crippen LogP contribution in [0.25, 0.3) is 0 Å². The number of rotatable bonds is 8. The summed E-state index contributed by atoms with van der Waals surface area (Å²) in [7, 11) is 0. The van der Waals surface area contributed by atoms with E-state index in [-0.39, 0.29) is 16.9 Å². The molecule has 0 spiro atoms. The molecule has 3 aromatic rings. The Morgan fingerprint density at radius 3 is 2.24 bits per heavy atom. The molecule has 1 heterocycles. The summed E-state index contributed by atoms with van der Waals surface area (Å²) in [4.78, 5) is 27.2. The van der Waals surface area contributed by atoms with Gasteiger partial charge in [0.15, 0.2) is 11.6 Å². The van der Waals surface area contributed by atoms with E-state index >= 15 is 0 Å². The van der Waals surface area contributed by atoms with Gasteiger partial charge in [-0.1, -0.05) is 36.4 Å². The maximum Gasteiger partial charge on any atom is 0.195 e. The molecular weight excluding hydrogens is 436 g/mol. The molecule has 3 aromatic carbocycles. The van der Waals surface area contributed by atoms with Gasteiger partial charge in [0.2, 0.25) is 0 Å². The normalized spacial score (nSPS) is 15.7. The van der Waals surface area contributed by atoms with Gasteiger partial charge in [-0.3, -0.25) is 9.59 Å². The quantitative estimate of drug-likeness (QED) is 0.470. The molecule has 0 radical (unpaired) electrons. The summed E-state index contributed by atoms with van der Waals surface area (Å²) in [5.74, 6) is -1.58. The van der Waals surface area contributed by atoms with Crippen LogP contribution in [0, 0.1) is 11.6 Å². The van der Waals surface area contributed by atoms with Crippen molar-refractivity contribution in [3.05, 3.63) is 107 Å². The Hall–Kier alpha value is -3.22. The van der Waals surface area contributed by atoms with Crippen LogP contribution in [0.2, 0.25) is 0 Å². The minimum Gasteiger partial charge on any atom is -0.385 e. The van der Waals surface area contributed by atoms with E-state index in [0.29, 0.717) is 37.9 Å². The van der Waals surface area contributed by atoms with E-state index in [1.54, 1.807) is 0 Å². The summed E-state index contributed by atoms with van der Waals surface area (Å²) < 4.78 is 27.6. The third kappa shape index (κ3) is 5.46. The zero-order chi connectivity index (χ0) is 24.1. The van der Waals surface area contributed by atoms with Gasteiger partial charge in [-0.25, -0.2) is 8.78 Å².